The van der Waals surface area contributed by atoms with Crippen molar-refractivity contribution in [3.05, 3.63) is 53.1 Å². The van der Waals surface area contributed by atoms with Crippen LogP contribution in [0.4, 0.5) is 11.4 Å². The summed E-state index contributed by atoms with van der Waals surface area (Å²) in [5.41, 5.74) is 1.71. The van der Waals surface area contributed by atoms with Crippen molar-refractivity contribution in [2.75, 3.05) is 17.7 Å². The summed E-state index contributed by atoms with van der Waals surface area (Å²) < 4.78 is 5.16. The third-order valence-corrected chi connectivity index (χ3v) is 3.83. The number of nitrogens with one attached hydrogen (secondary N) is 2. The molecule has 0 unspecified atom stereocenters. The van der Waals surface area contributed by atoms with E-state index in [0.29, 0.717) is 22.1 Å². The SMILES string of the molecule is COc1ccc(Cl)cc1NC(=O)C(=O)Nc1ccccc1C(C)(C)C. The molecule has 0 aliphatic rings. The number of carbonyl (C=O) groups excluding carboxylic acids is 2. The first kappa shape index (κ1) is 18.8. The van der Waals surface area contributed by atoms with Gasteiger partial charge in [0.25, 0.3) is 0 Å². The lowest BCUT2D eigenvalue weighted by atomic mass is 9.86. The average molecular weight is 361 g/mol. The molecule has 2 N–H and O–H groups in total. The number of ether oxygens (including phenoxy) is 1. The minimum atomic E-state index is -0.802. The van der Waals surface area contributed by atoms with Gasteiger partial charge in [-0.05, 0) is 35.2 Å². The fraction of sp³-hybridized carbons (Fsp3) is 0.263. The third-order valence-electron chi connectivity index (χ3n) is 3.60. The lowest BCUT2D eigenvalue weighted by molar-refractivity contribution is -0.133. The van der Waals surface area contributed by atoms with E-state index in [-0.39, 0.29) is 5.41 Å². The van der Waals surface area contributed by atoms with Gasteiger partial charge >= 0.3 is 11.8 Å². The Kier molecular flexibility index (Phi) is 5.69. The first-order chi connectivity index (χ1) is 11.7. The molecule has 25 heavy (non-hydrogen) atoms. The van der Waals surface area contributed by atoms with Gasteiger partial charge in [0.15, 0.2) is 0 Å². The highest BCUT2D eigenvalue weighted by molar-refractivity contribution is 6.44. The first-order valence-electron chi connectivity index (χ1n) is 7.77. The molecule has 0 saturated heterocycles. The molecule has 6 heteroatoms. The van der Waals surface area contributed by atoms with Crippen LogP contribution < -0.4 is 15.4 Å². The summed E-state index contributed by atoms with van der Waals surface area (Å²) in [6, 6.07) is 12.2. The van der Waals surface area contributed by atoms with Gasteiger partial charge in [0.1, 0.15) is 5.75 Å². The molecule has 0 aromatic heterocycles. The molecule has 2 aromatic rings. The topological polar surface area (TPSA) is 67.4 Å². The summed E-state index contributed by atoms with van der Waals surface area (Å²) in [6.45, 7) is 6.11. The van der Waals surface area contributed by atoms with Crippen LogP contribution in [0.5, 0.6) is 5.75 Å². The second-order valence-electron chi connectivity index (χ2n) is 6.55. The monoisotopic (exact) mass is 360 g/mol. The predicted octanol–water partition coefficient (Wildman–Crippen LogP) is 4.22. The zero-order chi connectivity index (χ0) is 18.6. The second-order valence-corrected chi connectivity index (χ2v) is 6.98. The van der Waals surface area contributed by atoms with Gasteiger partial charge in [0.2, 0.25) is 0 Å². The minimum Gasteiger partial charge on any atom is -0.495 e. The van der Waals surface area contributed by atoms with E-state index in [9.17, 15) is 9.59 Å². The van der Waals surface area contributed by atoms with E-state index in [1.54, 1.807) is 18.2 Å². The lowest BCUT2D eigenvalue weighted by Gasteiger charge is -2.22. The zero-order valence-electron chi connectivity index (χ0n) is 14.6. The van der Waals surface area contributed by atoms with Gasteiger partial charge in [-0.1, -0.05) is 50.6 Å². The quantitative estimate of drug-likeness (QED) is 0.805. The van der Waals surface area contributed by atoms with Crippen LogP contribution in [0.3, 0.4) is 0 Å². The van der Waals surface area contributed by atoms with E-state index in [4.69, 9.17) is 16.3 Å². The number of halogens is 1. The smallest absolute Gasteiger partial charge is 0.314 e. The number of hydrogen-bond acceptors (Lipinski definition) is 3. The molecule has 0 heterocycles. The molecule has 2 rings (SSSR count). The highest BCUT2D eigenvalue weighted by Crippen LogP contribution is 2.30. The molecule has 132 valence electrons. The summed E-state index contributed by atoms with van der Waals surface area (Å²) in [5.74, 6) is -1.15. The maximum atomic E-state index is 12.3. The highest BCUT2D eigenvalue weighted by Gasteiger charge is 2.21. The predicted molar refractivity (Wildman–Crippen MR) is 100 cm³/mol. The van der Waals surface area contributed by atoms with Crippen LogP contribution in [0.2, 0.25) is 5.02 Å². The number of rotatable bonds is 3. The molecule has 0 atom stereocenters. The van der Waals surface area contributed by atoms with Crippen molar-refractivity contribution < 1.29 is 14.3 Å². The summed E-state index contributed by atoms with van der Waals surface area (Å²) >= 11 is 5.93. The molecule has 0 fully saturated rings. The van der Waals surface area contributed by atoms with Gasteiger partial charge in [-0.2, -0.15) is 0 Å². The number of benzene rings is 2. The second kappa shape index (κ2) is 7.57. The van der Waals surface area contributed by atoms with E-state index >= 15 is 0 Å². The van der Waals surface area contributed by atoms with Crippen molar-refractivity contribution in [1.29, 1.82) is 0 Å². The Bertz CT molecular complexity index is 797. The first-order valence-corrected chi connectivity index (χ1v) is 8.15. The van der Waals surface area contributed by atoms with Crippen LogP contribution in [0, 0.1) is 0 Å². The number of anilines is 2. The maximum Gasteiger partial charge on any atom is 0.314 e. The molecule has 0 bridgehead atoms. The minimum absolute atomic E-state index is 0.170. The van der Waals surface area contributed by atoms with Crippen LogP contribution in [0.15, 0.2) is 42.5 Å². The van der Waals surface area contributed by atoms with Gasteiger partial charge in [-0.15, -0.1) is 0 Å². The van der Waals surface area contributed by atoms with Crippen molar-refractivity contribution >= 4 is 34.8 Å². The number of hydrogen-bond donors (Lipinski definition) is 2. The van der Waals surface area contributed by atoms with Crippen LogP contribution in [0.25, 0.3) is 0 Å². The fourth-order valence-electron chi connectivity index (χ4n) is 2.38. The number of amides is 2. The molecule has 0 saturated carbocycles. The largest absolute Gasteiger partial charge is 0.495 e. The Morgan fingerprint density at radius 2 is 1.56 bits per heavy atom. The zero-order valence-corrected chi connectivity index (χ0v) is 15.4. The molecule has 0 aliphatic heterocycles. The molecule has 2 amide bonds. The Labute approximate surface area is 152 Å². The molecular formula is C19H21ClN2O3. The highest BCUT2D eigenvalue weighted by atomic mass is 35.5. The Hall–Kier alpha value is -2.53. The Morgan fingerprint density at radius 1 is 0.960 bits per heavy atom. The number of carbonyl (C=O) groups is 2. The van der Waals surface area contributed by atoms with E-state index < -0.39 is 11.8 Å². The van der Waals surface area contributed by atoms with Crippen LogP contribution >= 0.6 is 11.6 Å². The third kappa shape index (κ3) is 4.73. The van der Waals surface area contributed by atoms with E-state index in [0.717, 1.165) is 5.56 Å². The molecule has 2 aromatic carbocycles. The van der Waals surface area contributed by atoms with Crippen molar-refractivity contribution in [3.8, 4) is 5.75 Å². The van der Waals surface area contributed by atoms with E-state index in [1.807, 2.05) is 39.0 Å². The van der Waals surface area contributed by atoms with Crippen molar-refractivity contribution in [3.63, 3.8) is 0 Å². The number of para-hydroxylation sites is 1. The Balaban J connectivity index is 2.18. The Morgan fingerprint density at radius 3 is 2.16 bits per heavy atom. The van der Waals surface area contributed by atoms with Crippen LogP contribution in [-0.2, 0) is 15.0 Å². The standard InChI is InChI=1S/C19H21ClN2O3/c1-19(2,3)13-7-5-6-8-14(13)21-17(23)18(24)22-15-11-12(20)9-10-16(15)25-4/h5-11H,1-4H3,(H,21,23)(H,22,24). The molecule has 0 spiro atoms. The van der Waals surface area contributed by atoms with E-state index in [2.05, 4.69) is 10.6 Å². The van der Waals surface area contributed by atoms with Crippen molar-refractivity contribution in [2.24, 2.45) is 0 Å². The molecule has 5 nitrogen and oxygen atoms in total. The van der Waals surface area contributed by atoms with Gasteiger partial charge in [0, 0.05) is 10.7 Å². The summed E-state index contributed by atoms with van der Waals surface area (Å²) in [4.78, 5) is 24.5. The molecule has 0 radical (unpaired) electrons. The van der Waals surface area contributed by atoms with Crippen LogP contribution in [-0.4, -0.2) is 18.9 Å². The normalized spacial score (nSPS) is 10.9. The summed E-state index contributed by atoms with van der Waals surface area (Å²) in [5, 5.41) is 5.61. The van der Waals surface area contributed by atoms with E-state index in [1.165, 1.54) is 13.2 Å². The molecule has 0 aliphatic carbocycles. The van der Waals surface area contributed by atoms with Gasteiger partial charge in [-0.25, -0.2) is 0 Å². The fourth-order valence-corrected chi connectivity index (χ4v) is 2.55. The summed E-state index contributed by atoms with van der Waals surface area (Å²) in [6.07, 6.45) is 0. The molecular weight excluding hydrogens is 340 g/mol. The van der Waals surface area contributed by atoms with Gasteiger partial charge < -0.3 is 15.4 Å². The van der Waals surface area contributed by atoms with Gasteiger partial charge in [-0.3, -0.25) is 9.59 Å². The van der Waals surface area contributed by atoms with Crippen molar-refractivity contribution in [1.82, 2.24) is 0 Å². The van der Waals surface area contributed by atoms with Crippen molar-refractivity contribution in [2.45, 2.75) is 26.2 Å². The summed E-state index contributed by atoms with van der Waals surface area (Å²) in [7, 11) is 1.47. The number of methoxy groups -OCH3 is 1. The van der Waals surface area contributed by atoms with Crippen LogP contribution in [0.1, 0.15) is 26.3 Å². The lowest BCUT2D eigenvalue weighted by Crippen LogP contribution is -2.30. The van der Waals surface area contributed by atoms with Gasteiger partial charge in [0.05, 0.1) is 12.8 Å². The average Bonchev–Trinajstić information content (AvgIpc) is 2.54. The maximum absolute atomic E-state index is 12.3.